The molecule has 1 aromatic rings. The van der Waals surface area contributed by atoms with Crippen molar-refractivity contribution in [1.82, 2.24) is 0 Å². The summed E-state index contributed by atoms with van der Waals surface area (Å²) in [5.41, 5.74) is 0.496. The van der Waals surface area contributed by atoms with Crippen molar-refractivity contribution in [2.24, 2.45) is 0 Å². The normalized spacial score (nSPS) is 25.1. The zero-order valence-electron chi connectivity index (χ0n) is 10.2. The van der Waals surface area contributed by atoms with Crippen LogP contribution in [0.4, 0.5) is 5.69 Å². The van der Waals surface area contributed by atoms with E-state index in [4.69, 9.17) is 9.47 Å². The van der Waals surface area contributed by atoms with E-state index in [0.717, 1.165) is 0 Å². The molecule has 0 amide bonds. The second kappa shape index (κ2) is 4.75. The molecular formula is C12H15NO5S. The molecule has 2 heterocycles. The molecule has 104 valence electrons. The average molecular weight is 285 g/mol. The van der Waals surface area contributed by atoms with E-state index in [9.17, 15) is 13.0 Å². The topological polar surface area (TPSA) is 82.7 Å². The predicted molar refractivity (Wildman–Crippen MR) is 67.9 cm³/mol. The lowest BCUT2D eigenvalue weighted by Gasteiger charge is -2.24. The molecule has 1 aromatic carbocycles. The Labute approximate surface area is 111 Å². The third-order valence-electron chi connectivity index (χ3n) is 3.14. The molecule has 0 aromatic heterocycles. The van der Waals surface area contributed by atoms with Crippen LogP contribution >= 0.6 is 0 Å². The lowest BCUT2D eigenvalue weighted by Crippen LogP contribution is -2.32. The Morgan fingerprint density at radius 1 is 1.16 bits per heavy atom. The maximum atomic E-state index is 11.4. The maximum Gasteiger partial charge on any atom is 0.296 e. The van der Waals surface area contributed by atoms with Crippen molar-refractivity contribution in [3.8, 4) is 0 Å². The SMILES string of the molecule is O=S(=O)(O)c1ccccc1N(CC1CO1)CC1CO1. The molecule has 2 aliphatic rings. The third kappa shape index (κ3) is 3.24. The van der Waals surface area contributed by atoms with Crippen LogP contribution in [0.3, 0.4) is 0 Å². The Bertz CT molecular complexity index is 551. The van der Waals surface area contributed by atoms with Gasteiger partial charge in [0.05, 0.1) is 31.1 Å². The maximum absolute atomic E-state index is 11.4. The molecule has 3 rings (SSSR count). The van der Waals surface area contributed by atoms with Crippen molar-refractivity contribution < 1.29 is 22.4 Å². The first kappa shape index (κ1) is 12.9. The number of rotatable bonds is 6. The molecule has 7 heteroatoms. The molecular weight excluding hydrogens is 270 g/mol. The van der Waals surface area contributed by atoms with Crippen molar-refractivity contribution in [3.05, 3.63) is 24.3 Å². The van der Waals surface area contributed by atoms with Gasteiger partial charge in [0.2, 0.25) is 0 Å². The van der Waals surface area contributed by atoms with Gasteiger partial charge in [-0.15, -0.1) is 0 Å². The minimum atomic E-state index is -4.23. The molecule has 0 bridgehead atoms. The Kier molecular flexibility index (Phi) is 3.22. The van der Waals surface area contributed by atoms with Gasteiger partial charge in [-0.1, -0.05) is 12.1 Å². The van der Waals surface area contributed by atoms with Crippen LogP contribution in [-0.4, -0.2) is 51.5 Å². The molecule has 19 heavy (non-hydrogen) atoms. The van der Waals surface area contributed by atoms with Crippen LogP contribution in [0.15, 0.2) is 29.2 Å². The van der Waals surface area contributed by atoms with Crippen molar-refractivity contribution >= 4 is 15.8 Å². The van der Waals surface area contributed by atoms with Crippen LogP contribution < -0.4 is 4.90 Å². The molecule has 2 unspecified atom stereocenters. The lowest BCUT2D eigenvalue weighted by atomic mass is 10.2. The molecule has 2 saturated heterocycles. The second-order valence-corrected chi connectivity index (χ2v) is 6.15. The first-order valence-corrected chi connectivity index (χ1v) is 7.53. The second-order valence-electron chi connectivity index (χ2n) is 4.76. The van der Waals surface area contributed by atoms with E-state index < -0.39 is 10.1 Å². The highest BCUT2D eigenvalue weighted by atomic mass is 32.2. The first-order valence-electron chi connectivity index (χ1n) is 6.09. The van der Waals surface area contributed by atoms with E-state index in [1.54, 1.807) is 18.2 Å². The molecule has 0 radical (unpaired) electrons. The standard InChI is InChI=1S/C12H15NO5S/c14-19(15,16)12-4-2-1-3-11(12)13(5-9-7-17-9)6-10-8-18-10/h1-4,9-10H,5-8H2,(H,14,15,16). The van der Waals surface area contributed by atoms with Crippen LogP contribution in [-0.2, 0) is 19.6 Å². The number of benzene rings is 1. The van der Waals surface area contributed by atoms with Gasteiger partial charge in [0.15, 0.2) is 0 Å². The number of nitrogens with zero attached hydrogens (tertiary/aromatic N) is 1. The van der Waals surface area contributed by atoms with Gasteiger partial charge in [0, 0.05) is 13.1 Å². The van der Waals surface area contributed by atoms with Gasteiger partial charge in [-0.3, -0.25) is 4.55 Å². The summed E-state index contributed by atoms with van der Waals surface area (Å²) in [6, 6.07) is 6.43. The van der Waals surface area contributed by atoms with E-state index in [-0.39, 0.29) is 17.1 Å². The van der Waals surface area contributed by atoms with E-state index in [1.807, 2.05) is 4.90 Å². The summed E-state index contributed by atoms with van der Waals surface area (Å²) in [7, 11) is -4.23. The van der Waals surface area contributed by atoms with Crippen LogP contribution in [0, 0.1) is 0 Å². The van der Waals surface area contributed by atoms with Crippen LogP contribution in [0.1, 0.15) is 0 Å². The Balaban J connectivity index is 1.91. The fourth-order valence-corrected chi connectivity index (χ4v) is 2.76. The fraction of sp³-hybridized carbons (Fsp3) is 0.500. The van der Waals surface area contributed by atoms with Crippen molar-refractivity contribution in [3.63, 3.8) is 0 Å². The molecule has 2 fully saturated rings. The molecule has 0 aliphatic carbocycles. The number of epoxide rings is 2. The van der Waals surface area contributed by atoms with Gasteiger partial charge in [0.1, 0.15) is 4.90 Å². The smallest absolute Gasteiger partial charge is 0.296 e. The number of hydrogen-bond acceptors (Lipinski definition) is 5. The number of hydrogen-bond donors (Lipinski definition) is 1. The summed E-state index contributed by atoms with van der Waals surface area (Å²) >= 11 is 0. The minimum Gasteiger partial charge on any atom is -0.371 e. The predicted octanol–water partition coefficient (Wildman–Crippen LogP) is 0.537. The summed E-state index contributed by atoms with van der Waals surface area (Å²) in [6.45, 7) is 2.59. The molecule has 2 aliphatic heterocycles. The molecule has 2 atom stereocenters. The highest BCUT2D eigenvalue weighted by molar-refractivity contribution is 7.86. The third-order valence-corrected chi connectivity index (χ3v) is 4.04. The van der Waals surface area contributed by atoms with Crippen molar-refractivity contribution in [1.29, 1.82) is 0 Å². The van der Waals surface area contributed by atoms with Gasteiger partial charge in [-0.05, 0) is 12.1 Å². The van der Waals surface area contributed by atoms with Gasteiger partial charge in [-0.25, -0.2) is 0 Å². The summed E-state index contributed by atoms with van der Waals surface area (Å²) in [5, 5.41) is 0. The molecule has 0 spiro atoms. The number of anilines is 1. The summed E-state index contributed by atoms with van der Waals surface area (Å²) in [6.07, 6.45) is 0.265. The van der Waals surface area contributed by atoms with Gasteiger partial charge in [0.25, 0.3) is 10.1 Å². The number of para-hydroxylation sites is 1. The average Bonchev–Trinajstić information content (AvgIpc) is 3.22. The first-order chi connectivity index (χ1) is 9.04. The van der Waals surface area contributed by atoms with Crippen molar-refractivity contribution in [2.45, 2.75) is 17.1 Å². The van der Waals surface area contributed by atoms with E-state index in [1.165, 1.54) is 6.07 Å². The van der Waals surface area contributed by atoms with Crippen LogP contribution in [0.2, 0.25) is 0 Å². The van der Waals surface area contributed by atoms with E-state index >= 15 is 0 Å². The van der Waals surface area contributed by atoms with Gasteiger partial charge < -0.3 is 14.4 Å². The fourth-order valence-electron chi connectivity index (χ4n) is 2.05. The Morgan fingerprint density at radius 3 is 2.16 bits per heavy atom. The lowest BCUT2D eigenvalue weighted by molar-refractivity contribution is 0.388. The molecule has 6 nitrogen and oxygen atoms in total. The van der Waals surface area contributed by atoms with Gasteiger partial charge in [-0.2, -0.15) is 8.42 Å². The molecule has 0 saturated carbocycles. The Morgan fingerprint density at radius 2 is 1.68 bits per heavy atom. The summed E-state index contributed by atoms with van der Waals surface area (Å²) in [5.74, 6) is 0. The van der Waals surface area contributed by atoms with E-state index in [2.05, 4.69) is 0 Å². The molecule has 1 N–H and O–H groups in total. The van der Waals surface area contributed by atoms with Gasteiger partial charge >= 0.3 is 0 Å². The quantitative estimate of drug-likeness (QED) is 0.606. The van der Waals surface area contributed by atoms with Crippen molar-refractivity contribution in [2.75, 3.05) is 31.2 Å². The number of ether oxygens (including phenoxy) is 2. The monoisotopic (exact) mass is 285 g/mol. The minimum absolute atomic E-state index is 0.0729. The summed E-state index contributed by atoms with van der Waals surface area (Å²) in [4.78, 5) is 1.83. The Hall–Kier alpha value is -1.15. The van der Waals surface area contributed by atoms with Crippen LogP contribution in [0.5, 0.6) is 0 Å². The van der Waals surface area contributed by atoms with E-state index in [0.29, 0.717) is 32.0 Å². The highest BCUT2D eigenvalue weighted by Gasteiger charge is 2.32. The largest absolute Gasteiger partial charge is 0.371 e. The summed E-state index contributed by atoms with van der Waals surface area (Å²) < 4.78 is 42.5. The zero-order chi connectivity index (χ0) is 13.5. The highest BCUT2D eigenvalue weighted by Crippen LogP contribution is 2.28. The van der Waals surface area contributed by atoms with Crippen LogP contribution in [0.25, 0.3) is 0 Å². The zero-order valence-corrected chi connectivity index (χ0v) is 11.0.